The molecule has 0 aliphatic rings. The topological polar surface area (TPSA) is 83.3 Å². The highest BCUT2D eigenvalue weighted by Crippen LogP contribution is 2.26. The lowest BCUT2D eigenvalue weighted by Crippen LogP contribution is -2.07. The van der Waals surface area contributed by atoms with Crippen LogP contribution in [0.25, 0.3) is 11.5 Å². The van der Waals surface area contributed by atoms with Crippen LogP contribution in [0.3, 0.4) is 0 Å². The molecule has 7 nitrogen and oxygen atoms in total. The van der Waals surface area contributed by atoms with Gasteiger partial charge in [-0.2, -0.15) is 0 Å². The fraction of sp³-hybridized carbons (Fsp3) is 0.227. The van der Waals surface area contributed by atoms with Crippen LogP contribution in [0.4, 0.5) is 0 Å². The van der Waals surface area contributed by atoms with Gasteiger partial charge in [-0.15, -0.1) is 10.2 Å². The number of nitrogens with zero attached hydrogens (tertiary/aromatic N) is 3. The summed E-state index contributed by atoms with van der Waals surface area (Å²) in [5.41, 5.74) is 3.42. The number of benzene rings is 1. The maximum atomic E-state index is 12.8. The van der Waals surface area contributed by atoms with Crippen LogP contribution in [0.1, 0.15) is 27.5 Å². The minimum atomic E-state index is 0.0167. The van der Waals surface area contributed by atoms with Crippen LogP contribution in [-0.4, -0.2) is 33.4 Å². The van der Waals surface area contributed by atoms with E-state index in [9.17, 15) is 4.79 Å². The number of ketones is 1. The van der Waals surface area contributed by atoms with Gasteiger partial charge in [0.1, 0.15) is 11.5 Å². The Bertz CT molecular complexity index is 1140. The van der Waals surface area contributed by atoms with E-state index in [1.165, 1.54) is 11.8 Å². The van der Waals surface area contributed by atoms with Crippen LogP contribution in [-0.2, 0) is 6.54 Å². The Hall–Kier alpha value is -3.26. The van der Waals surface area contributed by atoms with Crippen molar-refractivity contribution in [2.24, 2.45) is 0 Å². The van der Waals surface area contributed by atoms with Crippen molar-refractivity contribution >= 4 is 17.5 Å². The summed E-state index contributed by atoms with van der Waals surface area (Å²) in [7, 11) is 1.61. The number of hydrogen-bond donors (Lipinski definition) is 0. The molecule has 154 valence electrons. The molecule has 0 aliphatic carbocycles. The standard InChI is InChI=1S/C22H21N3O4S/c1-14-11-19(15(2)25(14)12-18-5-4-10-28-18)20(26)13-30-22-24-23-21(29-22)16-6-8-17(27-3)9-7-16/h4-11H,12-13H2,1-3H3. The molecule has 3 heterocycles. The van der Waals surface area contributed by atoms with Gasteiger partial charge in [-0.3, -0.25) is 4.79 Å². The molecule has 8 heteroatoms. The van der Waals surface area contributed by atoms with Gasteiger partial charge in [0.2, 0.25) is 5.89 Å². The molecule has 0 aliphatic heterocycles. The molecular weight excluding hydrogens is 402 g/mol. The number of furan rings is 1. The van der Waals surface area contributed by atoms with E-state index < -0.39 is 0 Å². The Morgan fingerprint density at radius 3 is 2.67 bits per heavy atom. The van der Waals surface area contributed by atoms with E-state index in [-0.39, 0.29) is 11.5 Å². The molecule has 0 atom stereocenters. The maximum Gasteiger partial charge on any atom is 0.277 e. The highest BCUT2D eigenvalue weighted by atomic mass is 32.2. The van der Waals surface area contributed by atoms with E-state index in [0.29, 0.717) is 23.2 Å². The van der Waals surface area contributed by atoms with Crippen molar-refractivity contribution in [1.29, 1.82) is 0 Å². The number of Topliss-reactive ketones (excluding diaryl/α,β-unsaturated/α-hetero) is 1. The average Bonchev–Trinajstić information content (AvgIpc) is 3.50. The second-order valence-electron chi connectivity index (χ2n) is 6.76. The lowest BCUT2D eigenvalue weighted by molar-refractivity contribution is 0.102. The van der Waals surface area contributed by atoms with Crippen LogP contribution in [0.5, 0.6) is 5.75 Å². The third kappa shape index (κ3) is 4.18. The number of carbonyl (C=O) groups excluding carboxylic acids is 1. The Balaban J connectivity index is 1.42. The predicted octanol–water partition coefficient (Wildman–Crippen LogP) is 4.78. The van der Waals surface area contributed by atoms with E-state index in [4.69, 9.17) is 13.6 Å². The first-order valence-corrected chi connectivity index (χ1v) is 10.4. The molecule has 0 amide bonds. The fourth-order valence-electron chi connectivity index (χ4n) is 3.21. The van der Waals surface area contributed by atoms with E-state index >= 15 is 0 Å². The summed E-state index contributed by atoms with van der Waals surface area (Å²) in [5, 5.41) is 8.47. The van der Waals surface area contributed by atoms with E-state index in [1.54, 1.807) is 13.4 Å². The smallest absolute Gasteiger partial charge is 0.277 e. The molecule has 0 spiro atoms. The molecule has 30 heavy (non-hydrogen) atoms. The summed E-state index contributed by atoms with van der Waals surface area (Å²) in [6.45, 7) is 4.53. The van der Waals surface area contributed by atoms with Crippen LogP contribution >= 0.6 is 11.8 Å². The normalized spacial score (nSPS) is 11.0. The first-order valence-electron chi connectivity index (χ1n) is 9.38. The molecule has 0 fully saturated rings. The third-order valence-corrected chi connectivity index (χ3v) is 5.66. The van der Waals surface area contributed by atoms with Gasteiger partial charge in [0.15, 0.2) is 5.78 Å². The van der Waals surface area contributed by atoms with Crippen LogP contribution in [0, 0.1) is 13.8 Å². The second-order valence-corrected chi connectivity index (χ2v) is 7.69. The Labute approximate surface area is 178 Å². The number of hydrogen-bond acceptors (Lipinski definition) is 7. The molecule has 0 N–H and O–H groups in total. The van der Waals surface area contributed by atoms with Crippen molar-refractivity contribution < 1.29 is 18.4 Å². The summed E-state index contributed by atoms with van der Waals surface area (Å²) >= 11 is 1.23. The number of ether oxygens (including phenoxy) is 1. The molecular formula is C22H21N3O4S. The SMILES string of the molecule is COc1ccc(-c2nnc(SCC(=O)c3cc(C)n(Cc4ccco4)c3C)o2)cc1. The number of methoxy groups -OCH3 is 1. The molecule has 0 radical (unpaired) electrons. The van der Waals surface area contributed by atoms with Gasteiger partial charge >= 0.3 is 0 Å². The summed E-state index contributed by atoms with van der Waals surface area (Å²) in [6.07, 6.45) is 1.65. The van der Waals surface area contributed by atoms with Gasteiger partial charge in [-0.05, 0) is 56.3 Å². The molecule has 0 unspecified atom stereocenters. The quantitative estimate of drug-likeness (QED) is 0.298. The number of rotatable bonds is 8. The zero-order valence-electron chi connectivity index (χ0n) is 16.9. The number of aryl methyl sites for hydroxylation is 1. The zero-order valence-corrected chi connectivity index (χ0v) is 17.7. The van der Waals surface area contributed by atoms with Crippen molar-refractivity contribution in [2.75, 3.05) is 12.9 Å². The van der Waals surface area contributed by atoms with Gasteiger partial charge in [0.25, 0.3) is 5.22 Å². The zero-order chi connectivity index (χ0) is 21.1. The fourth-order valence-corrected chi connectivity index (χ4v) is 3.85. The van der Waals surface area contributed by atoms with Crippen molar-refractivity contribution in [3.8, 4) is 17.2 Å². The van der Waals surface area contributed by atoms with Gasteiger partial charge in [0.05, 0.1) is 25.7 Å². The second kappa shape index (κ2) is 8.62. The van der Waals surface area contributed by atoms with E-state index in [2.05, 4.69) is 14.8 Å². The first-order chi connectivity index (χ1) is 14.5. The summed E-state index contributed by atoms with van der Waals surface area (Å²) in [6, 6.07) is 13.0. The van der Waals surface area contributed by atoms with E-state index in [0.717, 1.165) is 28.5 Å². The van der Waals surface area contributed by atoms with Crippen LogP contribution < -0.4 is 4.74 Å². The number of aromatic nitrogens is 3. The van der Waals surface area contributed by atoms with Gasteiger partial charge in [-0.25, -0.2) is 0 Å². The average molecular weight is 423 g/mol. The Morgan fingerprint density at radius 1 is 1.17 bits per heavy atom. The molecule has 4 rings (SSSR count). The van der Waals surface area contributed by atoms with Gasteiger partial charge in [0, 0.05) is 22.5 Å². The monoisotopic (exact) mass is 423 g/mol. The van der Waals surface area contributed by atoms with Gasteiger partial charge < -0.3 is 18.1 Å². The molecule has 0 saturated carbocycles. The van der Waals surface area contributed by atoms with E-state index in [1.807, 2.05) is 56.3 Å². The first kappa shape index (κ1) is 20.0. The summed E-state index contributed by atoms with van der Waals surface area (Å²) < 4.78 is 18.3. The molecule has 0 saturated heterocycles. The van der Waals surface area contributed by atoms with Gasteiger partial charge in [-0.1, -0.05) is 11.8 Å². The van der Waals surface area contributed by atoms with Crippen molar-refractivity contribution in [3.63, 3.8) is 0 Å². The third-order valence-electron chi connectivity index (χ3n) is 4.84. The van der Waals surface area contributed by atoms with Crippen LogP contribution in [0.15, 0.2) is 62.8 Å². The molecule has 3 aromatic heterocycles. The van der Waals surface area contributed by atoms with Crippen LogP contribution in [0.2, 0.25) is 0 Å². The van der Waals surface area contributed by atoms with Crippen molar-refractivity contribution in [1.82, 2.24) is 14.8 Å². The highest BCUT2D eigenvalue weighted by Gasteiger charge is 2.18. The Kier molecular flexibility index (Phi) is 5.76. The number of thioether (sulfide) groups is 1. The van der Waals surface area contributed by atoms with Crippen molar-refractivity contribution in [2.45, 2.75) is 25.6 Å². The summed E-state index contributed by atoms with van der Waals surface area (Å²) in [5.74, 6) is 2.24. The minimum absolute atomic E-state index is 0.0167. The van der Waals surface area contributed by atoms with Crippen molar-refractivity contribution in [3.05, 3.63) is 71.4 Å². The molecule has 4 aromatic rings. The number of carbonyl (C=O) groups is 1. The highest BCUT2D eigenvalue weighted by molar-refractivity contribution is 7.99. The largest absolute Gasteiger partial charge is 0.497 e. The maximum absolute atomic E-state index is 12.8. The lowest BCUT2D eigenvalue weighted by atomic mass is 10.2. The molecule has 0 bridgehead atoms. The lowest BCUT2D eigenvalue weighted by Gasteiger charge is -2.07. The predicted molar refractivity (Wildman–Crippen MR) is 113 cm³/mol. The Morgan fingerprint density at radius 2 is 1.97 bits per heavy atom. The molecule has 1 aromatic carbocycles. The summed E-state index contributed by atoms with van der Waals surface area (Å²) in [4.78, 5) is 12.8. The minimum Gasteiger partial charge on any atom is -0.497 e.